The van der Waals surface area contributed by atoms with Gasteiger partial charge in [-0.25, -0.2) is 0 Å². The second kappa shape index (κ2) is 5.02. The molecule has 70 valence electrons. The zero-order chi connectivity index (χ0) is 9.68. The highest BCUT2D eigenvalue weighted by Gasteiger charge is 2.02. The van der Waals surface area contributed by atoms with Crippen molar-refractivity contribution >= 4 is 20.7 Å². The first-order valence-corrected chi connectivity index (χ1v) is 4.94. The van der Waals surface area contributed by atoms with Crippen LogP contribution in [-0.4, -0.2) is 23.3 Å². The van der Waals surface area contributed by atoms with Crippen LogP contribution < -0.4 is 0 Å². The Bertz CT molecular complexity index is 274. The number of likely N-dealkylation sites (N-methyl/N-ethyl adjacent to an activating group) is 1. The Kier molecular flexibility index (Phi) is 3.96. The largest absolute Gasteiger partial charge is 0.336 e. The van der Waals surface area contributed by atoms with Crippen LogP contribution in [0.4, 0.5) is 4.79 Å². The maximum atomic E-state index is 10.8. The van der Waals surface area contributed by atoms with Crippen LogP contribution in [0.5, 0.6) is 0 Å². The normalized spacial score (nSPS) is 9.69. The van der Waals surface area contributed by atoms with Gasteiger partial charge in [-0.2, -0.15) is 0 Å². The van der Waals surface area contributed by atoms with Gasteiger partial charge in [-0.1, -0.05) is 30.3 Å². The van der Waals surface area contributed by atoms with Crippen molar-refractivity contribution < 1.29 is 4.79 Å². The summed E-state index contributed by atoms with van der Waals surface area (Å²) in [5, 5.41) is 0. The van der Waals surface area contributed by atoms with Crippen molar-refractivity contribution in [2.45, 2.75) is 6.42 Å². The number of benzene rings is 1. The van der Waals surface area contributed by atoms with Crippen LogP contribution in [0.25, 0.3) is 0 Å². The van der Waals surface area contributed by atoms with Crippen molar-refractivity contribution in [1.82, 2.24) is 4.90 Å². The number of carbonyl (C=O) groups is 1. The van der Waals surface area contributed by atoms with Gasteiger partial charge in [0.25, 0.3) is 4.82 Å². The summed E-state index contributed by atoms with van der Waals surface area (Å²) in [4.78, 5) is 12.4. The fourth-order valence-corrected chi connectivity index (χ4v) is 1.21. The van der Waals surface area contributed by atoms with E-state index in [2.05, 4.69) is 28.1 Å². The smallest absolute Gasteiger partial charge is 0.289 e. The van der Waals surface area contributed by atoms with Crippen molar-refractivity contribution in [2.75, 3.05) is 13.6 Å². The number of carbonyl (C=O) groups excluding carboxylic acids is 1. The molecule has 3 heteroatoms. The maximum absolute atomic E-state index is 10.8. The summed E-state index contributed by atoms with van der Waals surface area (Å²) in [7, 11) is 1.78. The van der Waals surface area contributed by atoms with E-state index in [9.17, 15) is 4.79 Å². The number of halogens is 1. The first kappa shape index (κ1) is 10.3. The third-order valence-electron chi connectivity index (χ3n) is 1.88. The average molecular weight is 242 g/mol. The van der Waals surface area contributed by atoms with E-state index in [0.29, 0.717) is 0 Å². The lowest BCUT2D eigenvalue weighted by Crippen LogP contribution is -2.23. The van der Waals surface area contributed by atoms with Crippen molar-refractivity contribution in [3.63, 3.8) is 0 Å². The minimum atomic E-state index is -0.0663. The lowest BCUT2D eigenvalue weighted by atomic mass is 10.1. The van der Waals surface area contributed by atoms with Gasteiger partial charge in [-0.15, -0.1) is 0 Å². The zero-order valence-corrected chi connectivity index (χ0v) is 9.12. The van der Waals surface area contributed by atoms with Gasteiger partial charge in [0, 0.05) is 29.5 Å². The molecule has 1 aromatic carbocycles. The third kappa shape index (κ3) is 3.59. The molecule has 0 aliphatic rings. The van der Waals surface area contributed by atoms with Crippen molar-refractivity contribution in [1.29, 1.82) is 0 Å². The highest BCUT2D eigenvalue weighted by Crippen LogP contribution is 2.02. The van der Waals surface area contributed by atoms with Gasteiger partial charge in [0.2, 0.25) is 0 Å². The lowest BCUT2D eigenvalue weighted by Gasteiger charge is -2.12. The molecule has 2 nitrogen and oxygen atoms in total. The third-order valence-corrected chi connectivity index (χ3v) is 2.48. The SMILES string of the molecule is CN(CCc1ccccc1)C(=O)Br. The molecular weight excluding hydrogens is 230 g/mol. The Morgan fingerprint density at radius 3 is 2.54 bits per heavy atom. The Hall–Kier alpha value is -0.830. The van der Waals surface area contributed by atoms with E-state index < -0.39 is 0 Å². The van der Waals surface area contributed by atoms with Crippen LogP contribution in [0.3, 0.4) is 0 Å². The fraction of sp³-hybridized carbons (Fsp3) is 0.300. The molecule has 0 aliphatic heterocycles. The predicted molar refractivity (Wildman–Crippen MR) is 57.1 cm³/mol. The van der Waals surface area contributed by atoms with Gasteiger partial charge in [0.05, 0.1) is 0 Å². The average Bonchev–Trinajstić information content (AvgIpc) is 2.15. The summed E-state index contributed by atoms with van der Waals surface area (Å²) in [6, 6.07) is 10.1. The molecule has 0 aromatic heterocycles. The minimum absolute atomic E-state index is 0.0663. The van der Waals surface area contributed by atoms with Gasteiger partial charge < -0.3 is 4.90 Å². The lowest BCUT2D eigenvalue weighted by molar-refractivity contribution is 0.235. The van der Waals surface area contributed by atoms with Crippen LogP contribution >= 0.6 is 15.9 Å². The quantitative estimate of drug-likeness (QED) is 0.589. The molecule has 0 heterocycles. The van der Waals surface area contributed by atoms with Crippen LogP contribution in [0.1, 0.15) is 5.56 Å². The summed E-state index contributed by atoms with van der Waals surface area (Å²) >= 11 is 2.90. The molecule has 0 radical (unpaired) electrons. The van der Waals surface area contributed by atoms with Crippen LogP contribution in [0.2, 0.25) is 0 Å². The molecule has 1 aromatic rings. The first-order valence-electron chi connectivity index (χ1n) is 4.14. The zero-order valence-electron chi connectivity index (χ0n) is 7.53. The van der Waals surface area contributed by atoms with E-state index in [0.717, 1.165) is 13.0 Å². The molecular formula is C10H12BrNO. The maximum Gasteiger partial charge on any atom is 0.289 e. The summed E-state index contributed by atoms with van der Waals surface area (Å²) in [5.41, 5.74) is 1.25. The molecule has 1 rings (SSSR count). The van der Waals surface area contributed by atoms with E-state index >= 15 is 0 Å². The van der Waals surface area contributed by atoms with E-state index in [1.807, 2.05) is 18.2 Å². The first-order chi connectivity index (χ1) is 6.20. The summed E-state index contributed by atoms with van der Waals surface area (Å²) in [5.74, 6) is 0. The monoisotopic (exact) mass is 241 g/mol. The topological polar surface area (TPSA) is 20.3 Å². The number of hydrogen-bond acceptors (Lipinski definition) is 1. The van der Waals surface area contributed by atoms with Crippen molar-refractivity contribution in [3.05, 3.63) is 35.9 Å². The number of rotatable bonds is 3. The number of amides is 1. The fourth-order valence-electron chi connectivity index (χ4n) is 1.03. The Morgan fingerprint density at radius 2 is 2.00 bits per heavy atom. The van der Waals surface area contributed by atoms with E-state index in [1.54, 1.807) is 11.9 Å². The van der Waals surface area contributed by atoms with Gasteiger partial charge >= 0.3 is 0 Å². The Morgan fingerprint density at radius 1 is 1.38 bits per heavy atom. The predicted octanol–water partition coefficient (Wildman–Crippen LogP) is 2.68. The second-order valence-corrected chi connectivity index (χ2v) is 3.59. The van der Waals surface area contributed by atoms with Gasteiger partial charge in [0.1, 0.15) is 0 Å². The molecule has 0 saturated carbocycles. The molecule has 0 spiro atoms. The van der Waals surface area contributed by atoms with Gasteiger partial charge in [-0.05, 0) is 12.0 Å². The minimum Gasteiger partial charge on any atom is -0.336 e. The molecule has 0 saturated heterocycles. The van der Waals surface area contributed by atoms with Crippen LogP contribution in [-0.2, 0) is 6.42 Å². The molecule has 0 aliphatic carbocycles. The molecule has 0 fully saturated rings. The standard InChI is InChI=1S/C10H12BrNO/c1-12(10(11)13)8-7-9-5-3-2-4-6-9/h2-6H,7-8H2,1H3. The summed E-state index contributed by atoms with van der Waals surface area (Å²) in [6.07, 6.45) is 0.897. The molecule has 0 N–H and O–H groups in total. The molecule has 0 unspecified atom stereocenters. The Balaban J connectivity index is 2.39. The van der Waals surface area contributed by atoms with E-state index in [1.165, 1.54) is 5.56 Å². The molecule has 0 bridgehead atoms. The molecule has 13 heavy (non-hydrogen) atoms. The van der Waals surface area contributed by atoms with E-state index in [4.69, 9.17) is 0 Å². The summed E-state index contributed by atoms with van der Waals surface area (Å²) in [6.45, 7) is 0.744. The second-order valence-electron chi connectivity index (χ2n) is 2.91. The highest BCUT2D eigenvalue weighted by molar-refractivity contribution is 9.18. The van der Waals surface area contributed by atoms with Crippen molar-refractivity contribution in [2.24, 2.45) is 0 Å². The van der Waals surface area contributed by atoms with Gasteiger partial charge in [0.15, 0.2) is 0 Å². The van der Waals surface area contributed by atoms with Crippen molar-refractivity contribution in [3.8, 4) is 0 Å². The van der Waals surface area contributed by atoms with Gasteiger partial charge in [-0.3, -0.25) is 4.79 Å². The number of nitrogens with zero attached hydrogens (tertiary/aromatic N) is 1. The number of hydrogen-bond donors (Lipinski definition) is 0. The molecule has 0 atom stereocenters. The van der Waals surface area contributed by atoms with Crippen LogP contribution in [0, 0.1) is 0 Å². The molecule has 1 amide bonds. The summed E-state index contributed by atoms with van der Waals surface area (Å²) < 4.78 is 0. The Labute approximate surface area is 86.7 Å². The van der Waals surface area contributed by atoms with Crippen LogP contribution in [0.15, 0.2) is 30.3 Å². The van der Waals surface area contributed by atoms with E-state index in [-0.39, 0.29) is 4.82 Å². The highest BCUT2D eigenvalue weighted by atomic mass is 79.9.